The van der Waals surface area contributed by atoms with E-state index in [4.69, 9.17) is 0 Å². The van der Waals surface area contributed by atoms with Crippen molar-refractivity contribution in [1.82, 2.24) is 5.32 Å². The van der Waals surface area contributed by atoms with Gasteiger partial charge < -0.3 is 10.2 Å². The number of piperidine rings is 1. The lowest BCUT2D eigenvalue weighted by molar-refractivity contribution is 0.412. The number of sulfone groups is 1. The van der Waals surface area contributed by atoms with Crippen molar-refractivity contribution >= 4 is 15.5 Å². The van der Waals surface area contributed by atoms with E-state index in [2.05, 4.69) is 34.5 Å². The highest BCUT2D eigenvalue weighted by Crippen LogP contribution is 2.22. The fourth-order valence-electron chi connectivity index (χ4n) is 3.37. The third-order valence-electron chi connectivity index (χ3n) is 4.71. The Bertz CT molecular complexity index is 551. The van der Waals surface area contributed by atoms with Gasteiger partial charge in [0.25, 0.3) is 0 Å². The summed E-state index contributed by atoms with van der Waals surface area (Å²) in [6.07, 6.45) is 3.84. The predicted molar refractivity (Wildman–Crippen MR) is 86.5 cm³/mol. The second-order valence-electron chi connectivity index (χ2n) is 6.14. The molecule has 0 aliphatic carbocycles. The van der Waals surface area contributed by atoms with E-state index in [1.54, 1.807) is 0 Å². The van der Waals surface area contributed by atoms with Crippen LogP contribution in [0.3, 0.4) is 0 Å². The summed E-state index contributed by atoms with van der Waals surface area (Å²) in [5, 5.41) is 3.34. The molecule has 0 aromatic heterocycles. The number of hydrogen-bond donors (Lipinski definition) is 1. The molecule has 4 nitrogen and oxygen atoms in total. The summed E-state index contributed by atoms with van der Waals surface area (Å²) in [7, 11) is -2.81. The molecule has 21 heavy (non-hydrogen) atoms. The summed E-state index contributed by atoms with van der Waals surface area (Å²) in [6, 6.07) is 11.0. The molecule has 5 heteroatoms. The van der Waals surface area contributed by atoms with Crippen molar-refractivity contribution in [3.63, 3.8) is 0 Å². The number of benzene rings is 1. The molecule has 1 unspecified atom stereocenters. The minimum absolute atomic E-state index is 0.148. The van der Waals surface area contributed by atoms with Crippen molar-refractivity contribution in [2.75, 3.05) is 30.3 Å². The third-order valence-corrected chi connectivity index (χ3v) is 6.99. The summed E-state index contributed by atoms with van der Waals surface area (Å²) in [5.74, 6) is 0.381. The van der Waals surface area contributed by atoms with Crippen molar-refractivity contribution in [2.24, 2.45) is 0 Å². The Morgan fingerprint density at radius 3 is 2.43 bits per heavy atom. The van der Waals surface area contributed by atoms with Gasteiger partial charge in [0.2, 0.25) is 0 Å². The van der Waals surface area contributed by atoms with Gasteiger partial charge in [0, 0.05) is 31.4 Å². The highest BCUT2D eigenvalue weighted by atomic mass is 32.2. The first kappa shape index (κ1) is 14.9. The largest absolute Gasteiger partial charge is 0.371 e. The second-order valence-corrected chi connectivity index (χ2v) is 8.54. The van der Waals surface area contributed by atoms with E-state index in [1.165, 1.54) is 5.69 Å². The molecule has 0 spiro atoms. The molecule has 0 bridgehead atoms. The first-order valence-electron chi connectivity index (χ1n) is 7.90. The number of para-hydroxylation sites is 1. The second kappa shape index (κ2) is 6.36. The van der Waals surface area contributed by atoms with Gasteiger partial charge >= 0.3 is 0 Å². The van der Waals surface area contributed by atoms with Crippen molar-refractivity contribution < 1.29 is 8.42 Å². The highest BCUT2D eigenvalue weighted by molar-refractivity contribution is 7.92. The van der Waals surface area contributed by atoms with Gasteiger partial charge in [0.15, 0.2) is 9.84 Å². The van der Waals surface area contributed by atoms with Crippen molar-refractivity contribution in [1.29, 1.82) is 0 Å². The minimum Gasteiger partial charge on any atom is -0.371 e. The zero-order valence-corrected chi connectivity index (χ0v) is 13.2. The molecule has 116 valence electrons. The maximum Gasteiger partial charge on any atom is 0.154 e. The zero-order chi connectivity index (χ0) is 14.7. The Labute approximate surface area is 127 Å². The van der Waals surface area contributed by atoms with E-state index in [1.807, 2.05) is 6.07 Å². The summed E-state index contributed by atoms with van der Waals surface area (Å²) < 4.78 is 23.6. The Balaban J connectivity index is 1.46. The fourth-order valence-corrected chi connectivity index (χ4v) is 5.14. The Hall–Kier alpha value is -1.07. The van der Waals surface area contributed by atoms with Crippen LogP contribution in [-0.2, 0) is 9.84 Å². The van der Waals surface area contributed by atoms with Crippen LogP contribution in [0.4, 0.5) is 5.69 Å². The highest BCUT2D eigenvalue weighted by Gasteiger charge is 2.31. The summed E-state index contributed by atoms with van der Waals surface area (Å²) >= 11 is 0. The number of nitrogens with zero attached hydrogens (tertiary/aromatic N) is 1. The SMILES string of the molecule is O=S1(=O)CCCC1CNC1CCN(c2ccccc2)CC1. The van der Waals surface area contributed by atoms with Gasteiger partial charge in [-0.1, -0.05) is 18.2 Å². The number of hydrogen-bond acceptors (Lipinski definition) is 4. The number of nitrogens with one attached hydrogen (secondary N) is 1. The van der Waals surface area contributed by atoms with Gasteiger partial charge in [-0.2, -0.15) is 0 Å². The van der Waals surface area contributed by atoms with Crippen LogP contribution in [0.25, 0.3) is 0 Å². The molecule has 1 N–H and O–H groups in total. The fraction of sp³-hybridized carbons (Fsp3) is 0.625. The standard InChI is InChI=1S/C16H24N2O2S/c19-21(20)12-4-7-16(21)13-17-14-8-10-18(11-9-14)15-5-2-1-3-6-15/h1-3,5-6,14,16-17H,4,7-13H2. The van der Waals surface area contributed by atoms with Crippen LogP contribution in [0.1, 0.15) is 25.7 Å². The van der Waals surface area contributed by atoms with Gasteiger partial charge in [0.1, 0.15) is 0 Å². The van der Waals surface area contributed by atoms with Crippen molar-refractivity contribution in [3.8, 4) is 0 Å². The van der Waals surface area contributed by atoms with E-state index in [-0.39, 0.29) is 5.25 Å². The summed E-state index contributed by atoms with van der Waals surface area (Å²) in [6.45, 7) is 2.72. The van der Waals surface area contributed by atoms with E-state index in [0.717, 1.165) is 38.8 Å². The first-order chi connectivity index (χ1) is 10.1. The van der Waals surface area contributed by atoms with Crippen LogP contribution >= 0.6 is 0 Å². The van der Waals surface area contributed by atoms with Crippen LogP contribution in [0.15, 0.2) is 30.3 Å². The molecular formula is C16H24N2O2S. The Morgan fingerprint density at radius 2 is 1.81 bits per heavy atom. The Kier molecular flexibility index (Phi) is 4.50. The Morgan fingerprint density at radius 1 is 1.10 bits per heavy atom. The van der Waals surface area contributed by atoms with Gasteiger partial charge in [-0.3, -0.25) is 0 Å². The zero-order valence-electron chi connectivity index (χ0n) is 12.4. The maximum absolute atomic E-state index is 11.8. The van der Waals surface area contributed by atoms with Gasteiger partial charge in [-0.15, -0.1) is 0 Å². The number of rotatable bonds is 4. The average molecular weight is 308 g/mol. The average Bonchev–Trinajstić information content (AvgIpc) is 2.85. The van der Waals surface area contributed by atoms with Crippen LogP contribution in [-0.4, -0.2) is 45.1 Å². The van der Waals surface area contributed by atoms with Crippen LogP contribution < -0.4 is 10.2 Å². The molecule has 1 aromatic carbocycles. The lowest BCUT2D eigenvalue weighted by atomic mass is 10.0. The molecule has 3 rings (SSSR count). The lowest BCUT2D eigenvalue weighted by Gasteiger charge is -2.34. The van der Waals surface area contributed by atoms with Crippen molar-refractivity contribution in [2.45, 2.75) is 37.0 Å². The molecule has 2 fully saturated rings. The van der Waals surface area contributed by atoms with Gasteiger partial charge in [-0.25, -0.2) is 8.42 Å². The molecule has 2 aliphatic rings. The van der Waals surface area contributed by atoms with E-state index < -0.39 is 9.84 Å². The smallest absolute Gasteiger partial charge is 0.154 e. The van der Waals surface area contributed by atoms with Gasteiger partial charge in [0.05, 0.1) is 11.0 Å². The monoisotopic (exact) mass is 308 g/mol. The van der Waals surface area contributed by atoms with Gasteiger partial charge in [-0.05, 0) is 37.8 Å². The summed E-state index contributed by atoms with van der Waals surface area (Å²) in [5.41, 5.74) is 1.29. The molecule has 0 amide bonds. The van der Waals surface area contributed by atoms with Crippen molar-refractivity contribution in [3.05, 3.63) is 30.3 Å². The van der Waals surface area contributed by atoms with Crippen LogP contribution in [0, 0.1) is 0 Å². The van der Waals surface area contributed by atoms with E-state index in [9.17, 15) is 8.42 Å². The molecular weight excluding hydrogens is 284 g/mol. The third kappa shape index (κ3) is 3.58. The molecule has 2 heterocycles. The maximum atomic E-state index is 11.8. The lowest BCUT2D eigenvalue weighted by Crippen LogP contribution is -2.45. The minimum atomic E-state index is -2.81. The normalized spacial score (nSPS) is 26.1. The predicted octanol–water partition coefficient (Wildman–Crippen LogP) is 1.82. The number of anilines is 1. The summed E-state index contributed by atoms with van der Waals surface area (Å²) in [4.78, 5) is 2.41. The van der Waals surface area contributed by atoms with E-state index in [0.29, 0.717) is 18.3 Å². The van der Waals surface area contributed by atoms with E-state index >= 15 is 0 Å². The molecule has 0 saturated carbocycles. The quantitative estimate of drug-likeness (QED) is 0.922. The van der Waals surface area contributed by atoms with Crippen LogP contribution in [0.5, 0.6) is 0 Å². The molecule has 0 radical (unpaired) electrons. The van der Waals surface area contributed by atoms with Crippen LogP contribution in [0.2, 0.25) is 0 Å². The molecule has 1 aromatic rings. The first-order valence-corrected chi connectivity index (χ1v) is 9.62. The molecule has 2 aliphatic heterocycles. The molecule has 2 saturated heterocycles. The molecule has 1 atom stereocenters. The topological polar surface area (TPSA) is 49.4 Å².